The molecule has 31 heavy (non-hydrogen) atoms. The number of hydrogen-bond acceptors (Lipinski definition) is 3. The summed E-state index contributed by atoms with van der Waals surface area (Å²) in [6.45, 7) is 0. The molecule has 0 radical (unpaired) electrons. The third-order valence-corrected chi connectivity index (χ3v) is 5.19. The molecule has 1 aliphatic carbocycles. The minimum atomic E-state index is -1.10. The van der Waals surface area contributed by atoms with Gasteiger partial charge in [0.2, 0.25) is 5.91 Å². The molecule has 1 aromatic heterocycles. The number of anilines is 2. The van der Waals surface area contributed by atoms with E-state index in [0.29, 0.717) is 29.2 Å². The van der Waals surface area contributed by atoms with Gasteiger partial charge >= 0.3 is 6.03 Å². The van der Waals surface area contributed by atoms with Crippen molar-refractivity contribution in [3.63, 3.8) is 0 Å². The number of carbonyl (C=O) groups excluding carboxylic acids is 2. The number of amides is 3. The van der Waals surface area contributed by atoms with Crippen LogP contribution in [0.5, 0.6) is 0 Å². The van der Waals surface area contributed by atoms with E-state index in [-0.39, 0.29) is 11.2 Å². The highest BCUT2D eigenvalue weighted by Gasteiger charge is 2.51. The summed E-state index contributed by atoms with van der Waals surface area (Å²) >= 11 is 5.82. The second-order valence-corrected chi connectivity index (χ2v) is 7.63. The number of benzene rings is 2. The first kappa shape index (κ1) is 20.6. The Morgan fingerprint density at radius 2 is 1.74 bits per heavy atom. The molecule has 0 spiro atoms. The molecule has 3 aromatic rings. The quantitative estimate of drug-likeness (QED) is 0.561. The second kappa shape index (κ2) is 8.23. The molecular formula is C22H18ClFN4O3. The Kier molecular flexibility index (Phi) is 5.48. The summed E-state index contributed by atoms with van der Waals surface area (Å²) in [6, 6.07) is 14.7. The van der Waals surface area contributed by atoms with Gasteiger partial charge in [0.05, 0.1) is 11.4 Å². The molecule has 3 amide bonds. The fourth-order valence-electron chi connectivity index (χ4n) is 3.08. The summed E-state index contributed by atoms with van der Waals surface area (Å²) in [7, 11) is 0. The highest BCUT2D eigenvalue weighted by atomic mass is 35.5. The Bertz CT molecular complexity index is 1210. The first-order chi connectivity index (χ1) is 14.9. The van der Waals surface area contributed by atoms with Gasteiger partial charge in [-0.1, -0.05) is 17.7 Å². The van der Waals surface area contributed by atoms with E-state index in [9.17, 15) is 18.8 Å². The highest BCUT2D eigenvalue weighted by Crippen LogP contribution is 2.37. The van der Waals surface area contributed by atoms with Crippen molar-refractivity contribution in [1.29, 1.82) is 0 Å². The monoisotopic (exact) mass is 440 g/mol. The van der Waals surface area contributed by atoms with Crippen LogP contribution in [0.1, 0.15) is 12.8 Å². The SMILES string of the molecule is O=C(Nc1ccc(Cl)cc1)NC1(C(=O)Nc2ccc(-n3ccccc3=O)cc2F)CC1. The summed E-state index contributed by atoms with van der Waals surface area (Å²) in [4.78, 5) is 36.9. The average Bonchev–Trinajstić information content (AvgIpc) is 3.52. The number of pyridine rings is 1. The Balaban J connectivity index is 1.43. The van der Waals surface area contributed by atoms with Crippen LogP contribution in [0, 0.1) is 5.82 Å². The van der Waals surface area contributed by atoms with E-state index in [1.54, 1.807) is 36.4 Å². The van der Waals surface area contributed by atoms with Gasteiger partial charge in [-0.2, -0.15) is 0 Å². The standard InChI is InChI=1S/C22H18ClFN4O3/c23-14-4-6-15(7-5-14)25-21(31)27-22(10-11-22)20(30)26-18-9-8-16(13-17(18)24)28-12-2-1-3-19(28)29/h1-9,12-13H,10-11H2,(H,26,30)(H2,25,27,31). The normalized spacial score (nSPS) is 13.9. The average molecular weight is 441 g/mol. The molecule has 9 heteroatoms. The maximum absolute atomic E-state index is 14.6. The van der Waals surface area contributed by atoms with Crippen LogP contribution in [-0.4, -0.2) is 22.0 Å². The zero-order valence-electron chi connectivity index (χ0n) is 16.2. The largest absolute Gasteiger partial charge is 0.323 e. The molecule has 1 heterocycles. The fraction of sp³-hybridized carbons (Fsp3) is 0.136. The van der Waals surface area contributed by atoms with Gasteiger partial charge in [0.15, 0.2) is 0 Å². The third-order valence-electron chi connectivity index (χ3n) is 4.94. The van der Waals surface area contributed by atoms with E-state index >= 15 is 0 Å². The van der Waals surface area contributed by atoms with Crippen LogP contribution in [0.15, 0.2) is 71.7 Å². The number of nitrogens with one attached hydrogen (secondary N) is 3. The summed E-state index contributed by atoms with van der Waals surface area (Å²) in [6.07, 6.45) is 2.40. The Labute approximate surface area is 181 Å². The Morgan fingerprint density at radius 1 is 1.00 bits per heavy atom. The van der Waals surface area contributed by atoms with Crippen LogP contribution in [0.3, 0.4) is 0 Å². The van der Waals surface area contributed by atoms with Crippen molar-refractivity contribution < 1.29 is 14.0 Å². The molecule has 1 saturated carbocycles. The minimum Gasteiger partial charge on any atom is -0.323 e. The molecule has 4 rings (SSSR count). The number of hydrogen-bond donors (Lipinski definition) is 3. The van der Waals surface area contributed by atoms with Gasteiger partial charge in [0.25, 0.3) is 5.56 Å². The molecule has 0 unspecified atom stereocenters. The number of halogens is 2. The van der Waals surface area contributed by atoms with Gasteiger partial charge < -0.3 is 16.0 Å². The molecule has 1 fully saturated rings. The molecule has 0 atom stereocenters. The van der Waals surface area contributed by atoms with E-state index in [4.69, 9.17) is 11.6 Å². The molecule has 0 saturated heterocycles. The highest BCUT2D eigenvalue weighted by molar-refractivity contribution is 6.30. The molecule has 2 aromatic carbocycles. The lowest BCUT2D eigenvalue weighted by Gasteiger charge is -2.18. The lowest BCUT2D eigenvalue weighted by Crippen LogP contribution is -2.47. The van der Waals surface area contributed by atoms with Gasteiger partial charge in [-0.25, -0.2) is 9.18 Å². The summed E-state index contributed by atoms with van der Waals surface area (Å²) in [5.41, 5.74) is -0.577. The maximum atomic E-state index is 14.6. The van der Waals surface area contributed by atoms with Gasteiger partial charge in [0.1, 0.15) is 11.4 Å². The van der Waals surface area contributed by atoms with Crippen LogP contribution in [0.25, 0.3) is 5.69 Å². The number of nitrogens with zero attached hydrogens (tertiary/aromatic N) is 1. The molecule has 7 nitrogen and oxygen atoms in total. The van der Waals surface area contributed by atoms with Gasteiger partial charge in [0, 0.05) is 29.0 Å². The van der Waals surface area contributed by atoms with Crippen LogP contribution >= 0.6 is 11.6 Å². The number of rotatable bonds is 5. The molecule has 0 aliphatic heterocycles. The van der Waals surface area contributed by atoms with Crippen molar-refractivity contribution >= 4 is 34.9 Å². The zero-order valence-corrected chi connectivity index (χ0v) is 16.9. The number of aromatic nitrogens is 1. The molecule has 158 valence electrons. The van der Waals surface area contributed by atoms with E-state index in [1.807, 2.05) is 0 Å². The summed E-state index contributed by atoms with van der Waals surface area (Å²) < 4.78 is 15.9. The van der Waals surface area contributed by atoms with Crippen molar-refractivity contribution in [1.82, 2.24) is 9.88 Å². The zero-order chi connectivity index (χ0) is 22.0. The molecule has 1 aliphatic rings. The van der Waals surface area contributed by atoms with E-state index in [2.05, 4.69) is 16.0 Å². The Hall–Kier alpha value is -3.65. The van der Waals surface area contributed by atoms with Gasteiger partial charge in [-0.05, 0) is 55.3 Å². The van der Waals surface area contributed by atoms with Crippen LogP contribution in [-0.2, 0) is 4.79 Å². The van der Waals surface area contributed by atoms with E-state index in [0.717, 1.165) is 6.07 Å². The lowest BCUT2D eigenvalue weighted by molar-refractivity contribution is -0.118. The number of carbonyl (C=O) groups is 2. The third kappa shape index (κ3) is 4.59. The smallest absolute Gasteiger partial charge is 0.320 e. The lowest BCUT2D eigenvalue weighted by atomic mass is 10.2. The van der Waals surface area contributed by atoms with Crippen molar-refractivity contribution in [2.45, 2.75) is 18.4 Å². The summed E-state index contributed by atoms with van der Waals surface area (Å²) in [5.74, 6) is -1.20. The van der Waals surface area contributed by atoms with Crippen LogP contribution < -0.4 is 21.5 Å². The predicted molar refractivity (Wildman–Crippen MR) is 116 cm³/mol. The van der Waals surface area contributed by atoms with Gasteiger partial charge in [-0.15, -0.1) is 0 Å². The van der Waals surface area contributed by atoms with E-state index in [1.165, 1.54) is 29.0 Å². The van der Waals surface area contributed by atoms with Crippen molar-refractivity contribution in [2.24, 2.45) is 0 Å². The number of urea groups is 1. The predicted octanol–water partition coefficient (Wildman–Crippen LogP) is 3.92. The minimum absolute atomic E-state index is 0.0380. The molecule has 3 N–H and O–H groups in total. The van der Waals surface area contributed by atoms with Crippen LogP contribution in [0.2, 0.25) is 5.02 Å². The fourth-order valence-corrected chi connectivity index (χ4v) is 3.21. The van der Waals surface area contributed by atoms with Gasteiger partial charge in [-0.3, -0.25) is 14.2 Å². The van der Waals surface area contributed by atoms with Crippen molar-refractivity contribution in [3.05, 3.63) is 88.1 Å². The summed E-state index contributed by atoms with van der Waals surface area (Å²) in [5, 5.41) is 8.34. The second-order valence-electron chi connectivity index (χ2n) is 7.20. The van der Waals surface area contributed by atoms with Crippen molar-refractivity contribution in [2.75, 3.05) is 10.6 Å². The van der Waals surface area contributed by atoms with E-state index < -0.39 is 23.3 Å². The topological polar surface area (TPSA) is 92.2 Å². The molecular weight excluding hydrogens is 423 g/mol. The van der Waals surface area contributed by atoms with Crippen LogP contribution in [0.4, 0.5) is 20.6 Å². The Morgan fingerprint density at radius 3 is 2.39 bits per heavy atom. The first-order valence-electron chi connectivity index (χ1n) is 9.50. The van der Waals surface area contributed by atoms with Crippen molar-refractivity contribution in [3.8, 4) is 5.69 Å². The first-order valence-corrected chi connectivity index (χ1v) is 9.88. The molecule has 0 bridgehead atoms. The maximum Gasteiger partial charge on any atom is 0.320 e.